The van der Waals surface area contributed by atoms with Gasteiger partial charge in [0.05, 0.1) is 18.5 Å². The normalized spacial score (nSPS) is 14.7. The van der Waals surface area contributed by atoms with E-state index in [-0.39, 0.29) is 0 Å². The lowest BCUT2D eigenvalue weighted by atomic mass is 10.3. The largest absolute Gasteiger partial charge is 0.467 e. The molecule has 0 aromatic carbocycles. The summed E-state index contributed by atoms with van der Waals surface area (Å²) in [6.45, 7) is 1.13. The van der Waals surface area contributed by atoms with Gasteiger partial charge in [0.2, 0.25) is 0 Å². The number of anilines is 1. The summed E-state index contributed by atoms with van der Waals surface area (Å²) in [5.41, 5.74) is 6.57. The summed E-state index contributed by atoms with van der Waals surface area (Å²) in [5.74, 6) is 1.83. The molecule has 0 amide bonds. The van der Waals surface area contributed by atoms with Crippen LogP contribution in [0.3, 0.4) is 0 Å². The predicted molar refractivity (Wildman–Crippen MR) is 67.8 cm³/mol. The highest BCUT2D eigenvalue weighted by Gasteiger charge is 2.31. The van der Waals surface area contributed by atoms with E-state index in [0.717, 1.165) is 23.8 Å². The van der Waals surface area contributed by atoms with Crippen molar-refractivity contribution in [2.45, 2.75) is 32.0 Å². The molecular weight excluding hydrogens is 228 g/mol. The molecule has 1 aliphatic rings. The van der Waals surface area contributed by atoms with Gasteiger partial charge in [-0.15, -0.1) is 0 Å². The summed E-state index contributed by atoms with van der Waals surface area (Å²) < 4.78 is 5.42. The number of nitrogens with zero attached hydrogens (tertiary/aromatic N) is 3. The van der Waals surface area contributed by atoms with Gasteiger partial charge in [-0.2, -0.15) is 0 Å². The fourth-order valence-electron chi connectivity index (χ4n) is 2.08. The van der Waals surface area contributed by atoms with Crippen molar-refractivity contribution in [2.75, 3.05) is 4.90 Å². The molecule has 3 rings (SSSR count). The lowest BCUT2D eigenvalue weighted by Crippen LogP contribution is -2.27. The maximum Gasteiger partial charge on any atom is 0.152 e. The molecule has 0 saturated heterocycles. The van der Waals surface area contributed by atoms with Crippen LogP contribution in [0.1, 0.15) is 24.3 Å². The van der Waals surface area contributed by atoms with Crippen molar-refractivity contribution in [3.8, 4) is 0 Å². The molecule has 2 heterocycles. The SMILES string of the molecule is NCc1nccnc1N(Cc1ccco1)C1CC1. The van der Waals surface area contributed by atoms with Crippen LogP contribution in [0, 0.1) is 0 Å². The molecule has 0 bridgehead atoms. The molecule has 1 fully saturated rings. The van der Waals surface area contributed by atoms with Crippen molar-refractivity contribution in [3.05, 3.63) is 42.2 Å². The number of hydrogen-bond acceptors (Lipinski definition) is 5. The predicted octanol–water partition coefficient (Wildman–Crippen LogP) is 1.70. The van der Waals surface area contributed by atoms with Crippen molar-refractivity contribution in [3.63, 3.8) is 0 Å². The highest BCUT2D eigenvalue weighted by molar-refractivity contribution is 5.45. The monoisotopic (exact) mass is 244 g/mol. The molecule has 2 aromatic rings. The summed E-state index contributed by atoms with van der Waals surface area (Å²) in [7, 11) is 0. The van der Waals surface area contributed by atoms with Gasteiger partial charge in [-0.3, -0.25) is 4.98 Å². The summed E-state index contributed by atoms with van der Waals surface area (Å²) in [5, 5.41) is 0. The molecule has 5 nitrogen and oxygen atoms in total. The van der Waals surface area contributed by atoms with Gasteiger partial charge in [0.15, 0.2) is 5.82 Å². The third-order valence-electron chi connectivity index (χ3n) is 3.11. The molecule has 94 valence electrons. The minimum Gasteiger partial charge on any atom is -0.467 e. The lowest BCUT2D eigenvalue weighted by Gasteiger charge is -2.23. The number of rotatable bonds is 5. The second-order valence-corrected chi connectivity index (χ2v) is 4.47. The van der Waals surface area contributed by atoms with Crippen molar-refractivity contribution < 1.29 is 4.42 Å². The summed E-state index contributed by atoms with van der Waals surface area (Å²) in [4.78, 5) is 11.0. The van der Waals surface area contributed by atoms with Gasteiger partial charge in [-0.1, -0.05) is 0 Å². The standard InChI is InChI=1S/C13H16N4O/c14-8-12-13(16-6-5-15-12)17(10-3-4-10)9-11-2-1-7-18-11/h1-2,5-7,10H,3-4,8-9,14H2. The smallest absolute Gasteiger partial charge is 0.152 e. The molecular formula is C13H16N4O. The summed E-state index contributed by atoms with van der Waals surface area (Å²) >= 11 is 0. The highest BCUT2D eigenvalue weighted by Crippen LogP contribution is 2.33. The minimum absolute atomic E-state index is 0.407. The number of furan rings is 1. The first kappa shape index (κ1) is 11.2. The van der Waals surface area contributed by atoms with E-state index in [2.05, 4.69) is 14.9 Å². The average Bonchev–Trinajstić information content (AvgIpc) is 3.13. The quantitative estimate of drug-likeness (QED) is 0.867. The van der Waals surface area contributed by atoms with Crippen LogP contribution in [0.2, 0.25) is 0 Å². The van der Waals surface area contributed by atoms with Gasteiger partial charge >= 0.3 is 0 Å². The van der Waals surface area contributed by atoms with Crippen LogP contribution in [0.4, 0.5) is 5.82 Å². The van der Waals surface area contributed by atoms with Crippen molar-refractivity contribution >= 4 is 5.82 Å². The van der Waals surface area contributed by atoms with Crippen molar-refractivity contribution in [1.29, 1.82) is 0 Å². The third-order valence-corrected chi connectivity index (χ3v) is 3.11. The first-order valence-electron chi connectivity index (χ1n) is 6.17. The molecule has 0 unspecified atom stereocenters. The van der Waals surface area contributed by atoms with Crippen LogP contribution in [-0.4, -0.2) is 16.0 Å². The zero-order chi connectivity index (χ0) is 12.4. The molecule has 5 heteroatoms. The second-order valence-electron chi connectivity index (χ2n) is 4.47. The van der Waals surface area contributed by atoms with E-state index in [9.17, 15) is 0 Å². The van der Waals surface area contributed by atoms with Crippen LogP contribution in [0.5, 0.6) is 0 Å². The zero-order valence-electron chi connectivity index (χ0n) is 10.1. The Bertz CT molecular complexity index is 507. The number of aromatic nitrogens is 2. The Balaban J connectivity index is 1.89. The maximum absolute atomic E-state index is 5.73. The minimum atomic E-state index is 0.407. The second kappa shape index (κ2) is 4.78. The third kappa shape index (κ3) is 2.22. The fraction of sp³-hybridized carbons (Fsp3) is 0.385. The van der Waals surface area contributed by atoms with Gasteiger partial charge in [0.25, 0.3) is 0 Å². The lowest BCUT2D eigenvalue weighted by molar-refractivity contribution is 0.499. The molecule has 0 spiro atoms. The van der Waals surface area contributed by atoms with Gasteiger partial charge < -0.3 is 15.1 Å². The van der Waals surface area contributed by atoms with Crippen LogP contribution in [0.15, 0.2) is 35.2 Å². The van der Waals surface area contributed by atoms with E-state index in [1.807, 2.05) is 12.1 Å². The van der Waals surface area contributed by atoms with E-state index in [0.29, 0.717) is 12.6 Å². The first-order chi connectivity index (χ1) is 8.88. The molecule has 18 heavy (non-hydrogen) atoms. The molecule has 1 aliphatic carbocycles. The van der Waals surface area contributed by atoms with Crippen LogP contribution < -0.4 is 10.6 Å². The molecule has 2 aromatic heterocycles. The summed E-state index contributed by atoms with van der Waals surface area (Å²) in [6, 6.07) is 4.42. The van der Waals surface area contributed by atoms with Crippen molar-refractivity contribution in [2.24, 2.45) is 5.73 Å². The topological polar surface area (TPSA) is 68.2 Å². The van der Waals surface area contributed by atoms with E-state index >= 15 is 0 Å². The van der Waals surface area contributed by atoms with E-state index < -0.39 is 0 Å². The first-order valence-corrected chi connectivity index (χ1v) is 6.17. The Kier molecular flexibility index (Phi) is 2.98. The maximum atomic E-state index is 5.73. The van der Waals surface area contributed by atoms with Gasteiger partial charge in [0.1, 0.15) is 5.76 Å². The van der Waals surface area contributed by atoms with E-state index in [4.69, 9.17) is 10.2 Å². The van der Waals surface area contributed by atoms with Gasteiger partial charge in [-0.25, -0.2) is 4.98 Å². The molecule has 0 aliphatic heterocycles. The van der Waals surface area contributed by atoms with Gasteiger partial charge in [-0.05, 0) is 25.0 Å². The average molecular weight is 244 g/mol. The highest BCUT2D eigenvalue weighted by atomic mass is 16.3. The Morgan fingerprint density at radius 3 is 2.83 bits per heavy atom. The Morgan fingerprint density at radius 1 is 1.33 bits per heavy atom. The van der Waals surface area contributed by atoms with Crippen LogP contribution >= 0.6 is 0 Å². The molecule has 1 saturated carbocycles. The zero-order valence-corrected chi connectivity index (χ0v) is 10.1. The number of nitrogens with two attached hydrogens (primary N) is 1. The fourth-order valence-corrected chi connectivity index (χ4v) is 2.08. The Labute approximate surface area is 106 Å². The molecule has 0 atom stereocenters. The van der Waals surface area contributed by atoms with Crippen LogP contribution in [0.25, 0.3) is 0 Å². The van der Waals surface area contributed by atoms with E-state index in [1.165, 1.54) is 12.8 Å². The Morgan fingerprint density at radius 2 is 2.17 bits per heavy atom. The summed E-state index contributed by atoms with van der Waals surface area (Å²) in [6.07, 6.45) is 7.49. The molecule has 2 N–H and O–H groups in total. The number of hydrogen-bond donors (Lipinski definition) is 1. The van der Waals surface area contributed by atoms with Crippen molar-refractivity contribution in [1.82, 2.24) is 9.97 Å². The Hall–Kier alpha value is -1.88. The van der Waals surface area contributed by atoms with Gasteiger partial charge in [0, 0.05) is 25.0 Å². The molecule has 0 radical (unpaired) electrons. The van der Waals surface area contributed by atoms with E-state index in [1.54, 1.807) is 18.7 Å². The van der Waals surface area contributed by atoms with Crippen LogP contribution in [-0.2, 0) is 13.1 Å².